The van der Waals surface area contributed by atoms with Gasteiger partial charge in [-0.15, -0.1) is 0 Å². The van der Waals surface area contributed by atoms with E-state index in [1.807, 2.05) is 0 Å². The molecule has 0 unspecified atom stereocenters. The molecule has 26 heavy (non-hydrogen) atoms. The Morgan fingerprint density at radius 1 is 1.08 bits per heavy atom. The van der Waals surface area contributed by atoms with Gasteiger partial charge in [0, 0.05) is 0 Å². The van der Waals surface area contributed by atoms with Crippen LogP contribution in [0.3, 0.4) is 0 Å². The number of ether oxygens (including phenoxy) is 2. The van der Waals surface area contributed by atoms with Gasteiger partial charge in [0.05, 0.1) is 20.3 Å². The third kappa shape index (κ3) is 7.07. The summed E-state index contributed by atoms with van der Waals surface area (Å²) in [5.41, 5.74) is 0. The number of hydrogen-bond donors (Lipinski definition) is 9. The van der Waals surface area contributed by atoms with E-state index in [2.05, 4.69) is 10.7 Å². The summed E-state index contributed by atoms with van der Waals surface area (Å²) in [6, 6.07) is 0. The first-order valence-electron chi connectivity index (χ1n) is 7.48. The smallest absolute Gasteiger partial charge is 0.186 e. The molecular weight excluding hydrogens is 362 g/mol. The summed E-state index contributed by atoms with van der Waals surface area (Å²) < 4.78 is 9.94. The molecule has 0 bridgehead atoms. The van der Waals surface area contributed by atoms with Crippen LogP contribution in [-0.4, -0.2) is 123 Å². The molecule has 10 N–H and O–H groups in total. The molecule has 0 aromatic heterocycles. The van der Waals surface area contributed by atoms with Crippen LogP contribution in [0.2, 0.25) is 0 Å². The summed E-state index contributed by atoms with van der Waals surface area (Å²) >= 11 is 0. The van der Waals surface area contributed by atoms with E-state index in [0.29, 0.717) is 0 Å². The minimum absolute atomic E-state index is 0.0287. The van der Waals surface area contributed by atoms with Gasteiger partial charge in [0.2, 0.25) is 0 Å². The Morgan fingerprint density at radius 2 is 1.62 bits per heavy atom. The van der Waals surface area contributed by atoms with E-state index in [0.717, 1.165) is 0 Å². The second-order valence-electron chi connectivity index (χ2n) is 5.44. The Hall–Kier alpha value is -0.810. The molecular formula is C13H27NO12. The van der Waals surface area contributed by atoms with Crippen LogP contribution in [0.5, 0.6) is 0 Å². The quantitative estimate of drug-likeness (QED) is 0.139. The number of aldehydes is 1. The van der Waals surface area contributed by atoms with Crippen LogP contribution in [0.1, 0.15) is 0 Å². The number of nitrogens with two attached hydrogens (primary N) is 1. The van der Waals surface area contributed by atoms with E-state index in [1.165, 1.54) is 7.11 Å². The first-order chi connectivity index (χ1) is 12.2. The minimum atomic E-state index is -1.96. The molecule has 0 spiro atoms. The van der Waals surface area contributed by atoms with Crippen molar-refractivity contribution < 1.29 is 60.0 Å². The van der Waals surface area contributed by atoms with Gasteiger partial charge in [-0.05, 0) is 0 Å². The Labute approximate surface area is 148 Å². The molecule has 1 fully saturated rings. The summed E-state index contributed by atoms with van der Waals surface area (Å²) in [6.07, 6.45) is -15.3. The standard InChI is InChI=1S/C12H22O11.CH5NO/c13-1-4(15)7(17)8(18)5(16)3-22-12-11(21)10(20)9(19)6(2-14)23-12;1-3-2/h1,4-12,14-21H,2-3H2;2H2,1H3/t4-,5+,6+,7+,8+,9+,10-,11+,12-;/m0./s1. The molecule has 0 aliphatic carbocycles. The van der Waals surface area contributed by atoms with E-state index in [1.54, 1.807) is 0 Å². The zero-order chi connectivity index (χ0) is 20.4. The first-order valence-corrected chi connectivity index (χ1v) is 7.48. The molecule has 1 heterocycles. The van der Waals surface area contributed by atoms with Crippen LogP contribution in [0, 0.1) is 0 Å². The lowest BCUT2D eigenvalue weighted by Gasteiger charge is -2.40. The number of rotatable bonds is 8. The van der Waals surface area contributed by atoms with Gasteiger partial charge in [0.1, 0.15) is 48.8 Å². The predicted molar refractivity (Wildman–Crippen MR) is 81.0 cm³/mol. The Balaban J connectivity index is 0.00000194. The van der Waals surface area contributed by atoms with Crippen LogP contribution in [0.15, 0.2) is 0 Å². The van der Waals surface area contributed by atoms with Crippen LogP contribution in [0.4, 0.5) is 0 Å². The highest BCUT2D eigenvalue weighted by Crippen LogP contribution is 2.22. The molecule has 13 heteroatoms. The van der Waals surface area contributed by atoms with Gasteiger partial charge < -0.3 is 60.0 Å². The average Bonchev–Trinajstić information content (AvgIpc) is 2.64. The summed E-state index contributed by atoms with van der Waals surface area (Å²) in [6.45, 7) is -1.37. The molecule has 1 saturated heterocycles. The second-order valence-corrected chi connectivity index (χ2v) is 5.44. The lowest BCUT2D eigenvalue weighted by Crippen LogP contribution is -2.59. The second kappa shape index (κ2) is 12.6. The molecule has 0 saturated carbocycles. The third-order valence-corrected chi connectivity index (χ3v) is 3.51. The van der Waals surface area contributed by atoms with Crippen molar-refractivity contribution in [3.05, 3.63) is 0 Å². The first kappa shape index (κ1) is 25.2. The van der Waals surface area contributed by atoms with Gasteiger partial charge in [-0.3, -0.25) is 0 Å². The lowest BCUT2D eigenvalue weighted by atomic mass is 9.99. The molecule has 1 aliphatic rings. The van der Waals surface area contributed by atoms with E-state index in [-0.39, 0.29) is 6.29 Å². The van der Waals surface area contributed by atoms with Crippen molar-refractivity contribution in [2.24, 2.45) is 5.90 Å². The Kier molecular flexibility index (Phi) is 12.2. The molecule has 0 aromatic carbocycles. The van der Waals surface area contributed by atoms with Gasteiger partial charge in [-0.2, -0.15) is 0 Å². The van der Waals surface area contributed by atoms with Crippen molar-refractivity contribution in [2.75, 3.05) is 20.3 Å². The summed E-state index contributed by atoms with van der Waals surface area (Å²) in [7, 11) is 1.40. The van der Waals surface area contributed by atoms with Gasteiger partial charge in [-0.25, -0.2) is 5.90 Å². The van der Waals surface area contributed by atoms with E-state index in [9.17, 15) is 35.4 Å². The summed E-state index contributed by atoms with van der Waals surface area (Å²) in [5, 5.41) is 75.4. The SMILES string of the molecule is CON.O=C[C@H](O)[C@@H](O)[C@H](O)[C@H](O)CO[C@H]1O[C@H](CO)[C@@H](O)[C@H](O)[C@H]1O. The molecule has 1 rings (SSSR count). The molecule has 0 radical (unpaired) electrons. The molecule has 13 nitrogen and oxygen atoms in total. The summed E-state index contributed by atoms with van der Waals surface area (Å²) in [4.78, 5) is 14.0. The maximum atomic E-state index is 10.3. The van der Waals surface area contributed by atoms with E-state index in [4.69, 9.17) is 19.7 Å². The van der Waals surface area contributed by atoms with E-state index >= 15 is 0 Å². The number of carbonyl (C=O) groups excluding carboxylic acids is 1. The normalized spacial score (nSPS) is 33.4. The molecule has 1 aliphatic heterocycles. The van der Waals surface area contributed by atoms with Crippen molar-refractivity contribution in [2.45, 2.75) is 55.1 Å². The summed E-state index contributed by atoms with van der Waals surface area (Å²) in [5.74, 6) is 4.35. The minimum Gasteiger partial charge on any atom is -0.394 e. The maximum Gasteiger partial charge on any atom is 0.186 e. The van der Waals surface area contributed by atoms with Gasteiger partial charge in [0.15, 0.2) is 12.6 Å². The number of aliphatic hydroxyl groups excluding tert-OH is 8. The zero-order valence-electron chi connectivity index (χ0n) is 14.0. The Morgan fingerprint density at radius 3 is 2.08 bits per heavy atom. The van der Waals surface area contributed by atoms with Crippen molar-refractivity contribution in [1.29, 1.82) is 0 Å². The number of hydrogen-bond acceptors (Lipinski definition) is 13. The largest absolute Gasteiger partial charge is 0.394 e. The van der Waals surface area contributed by atoms with E-state index < -0.39 is 68.3 Å². The molecule has 0 amide bonds. The van der Waals surface area contributed by atoms with Crippen LogP contribution in [0.25, 0.3) is 0 Å². The zero-order valence-corrected chi connectivity index (χ0v) is 14.0. The van der Waals surface area contributed by atoms with Crippen LogP contribution >= 0.6 is 0 Å². The van der Waals surface area contributed by atoms with Crippen molar-refractivity contribution in [3.8, 4) is 0 Å². The predicted octanol–water partition coefficient (Wildman–Crippen LogP) is -6.05. The molecule has 9 atom stereocenters. The van der Waals surface area contributed by atoms with Gasteiger partial charge in [0.25, 0.3) is 0 Å². The fraction of sp³-hybridized carbons (Fsp3) is 0.923. The number of aliphatic hydroxyl groups is 8. The molecule has 156 valence electrons. The van der Waals surface area contributed by atoms with Gasteiger partial charge >= 0.3 is 0 Å². The van der Waals surface area contributed by atoms with Crippen molar-refractivity contribution in [3.63, 3.8) is 0 Å². The highest BCUT2D eigenvalue weighted by molar-refractivity contribution is 5.56. The fourth-order valence-corrected chi connectivity index (χ4v) is 2.01. The molecule has 0 aromatic rings. The maximum absolute atomic E-state index is 10.3. The Bertz CT molecular complexity index is 386. The van der Waals surface area contributed by atoms with Crippen molar-refractivity contribution in [1.82, 2.24) is 0 Å². The monoisotopic (exact) mass is 389 g/mol. The van der Waals surface area contributed by atoms with Crippen LogP contribution < -0.4 is 5.90 Å². The number of carbonyl (C=O) groups is 1. The average molecular weight is 389 g/mol. The topological polar surface area (TPSA) is 233 Å². The van der Waals surface area contributed by atoms with Crippen LogP contribution in [-0.2, 0) is 19.1 Å². The van der Waals surface area contributed by atoms with Crippen molar-refractivity contribution >= 4 is 6.29 Å². The highest BCUT2D eigenvalue weighted by atomic mass is 16.7. The van der Waals surface area contributed by atoms with Gasteiger partial charge in [-0.1, -0.05) is 0 Å². The fourth-order valence-electron chi connectivity index (χ4n) is 2.01. The highest BCUT2D eigenvalue weighted by Gasteiger charge is 2.44. The third-order valence-electron chi connectivity index (χ3n) is 3.51. The lowest BCUT2D eigenvalue weighted by molar-refractivity contribution is -0.306.